The topological polar surface area (TPSA) is 89.0 Å². The summed E-state index contributed by atoms with van der Waals surface area (Å²) in [4.78, 5) is 25.1. The van der Waals surface area contributed by atoms with E-state index in [1.165, 1.54) is 6.21 Å². The van der Waals surface area contributed by atoms with Crippen molar-refractivity contribution >= 4 is 45.6 Å². The Bertz CT molecular complexity index is 978. The molecule has 32 heavy (non-hydrogen) atoms. The number of hydrazone groups is 1. The summed E-state index contributed by atoms with van der Waals surface area (Å²) in [6.45, 7) is 7.53. The van der Waals surface area contributed by atoms with E-state index >= 15 is 0 Å². The van der Waals surface area contributed by atoms with Crippen LogP contribution in [0.15, 0.2) is 46.0 Å². The van der Waals surface area contributed by atoms with Crippen LogP contribution < -0.4 is 20.2 Å². The van der Waals surface area contributed by atoms with Crippen LogP contribution in [0.2, 0.25) is 5.02 Å². The zero-order chi connectivity index (χ0) is 23.8. The standard InChI is InChI=1S/C23H27BrClN3O4/c1-13(2)20(27-22(29)16-6-8-17(25)9-7-16)23(30)28-26-12-15-10-18(24)21(32-14(3)4)19(11-15)31-5/h6-14,20H,1-5H3,(H,27,29)(H,28,30)/b26-12+. The average Bonchev–Trinajstić information content (AvgIpc) is 2.73. The maximum absolute atomic E-state index is 12.6. The van der Waals surface area contributed by atoms with Crippen LogP contribution in [0.25, 0.3) is 0 Å². The molecule has 0 saturated carbocycles. The second-order valence-corrected chi connectivity index (χ2v) is 8.93. The van der Waals surface area contributed by atoms with Crippen molar-refractivity contribution in [1.29, 1.82) is 0 Å². The van der Waals surface area contributed by atoms with Crippen LogP contribution in [-0.4, -0.2) is 37.3 Å². The SMILES string of the molecule is COc1cc(/C=N/NC(=O)C(NC(=O)c2ccc(Cl)cc2)C(C)C)cc(Br)c1OC(C)C. The first-order valence-electron chi connectivity index (χ1n) is 10.1. The van der Waals surface area contributed by atoms with Crippen molar-refractivity contribution in [3.63, 3.8) is 0 Å². The summed E-state index contributed by atoms with van der Waals surface area (Å²) in [5.41, 5.74) is 3.59. The van der Waals surface area contributed by atoms with Crippen LogP contribution in [0.3, 0.4) is 0 Å². The molecule has 0 aliphatic heterocycles. The van der Waals surface area contributed by atoms with Gasteiger partial charge in [0.05, 0.1) is 23.9 Å². The van der Waals surface area contributed by atoms with Gasteiger partial charge in [-0.3, -0.25) is 9.59 Å². The third-order valence-corrected chi connectivity index (χ3v) is 5.18. The van der Waals surface area contributed by atoms with Crippen molar-refractivity contribution < 1.29 is 19.1 Å². The molecule has 2 amide bonds. The van der Waals surface area contributed by atoms with Gasteiger partial charge in [-0.1, -0.05) is 25.4 Å². The molecule has 2 rings (SSSR count). The monoisotopic (exact) mass is 523 g/mol. The first-order valence-corrected chi connectivity index (χ1v) is 11.2. The van der Waals surface area contributed by atoms with E-state index in [-0.39, 0.29) is 17.9 Å². The van der Waals surface area contributed by atoms with Gasteiger partial charge >= 0.3 is 0 Å². The highest BCUT2D eigenvalue weighted by molar-refractivity contribution is 9.10. The number of carbonyl (C=O) groups is 2. The van der Waals surface area contributed by atoms with E-state index in [1.54, 1.807) is 43.5 Å². The third-order valence-electron chi connectivity index (χ3n) is 4.34. The van der Waals surface area contributed by atoms with Gasteiger partial charge in [-0.25, -0.2) is 5.43 Å². The van der Waals surface area contributed by atoms with Gasteiger partial charge in [0.25, 0.3) is 11.8 Å². The van der Waals surface area contributed by atoms with Crippen molar-refractivity contribution in [3.8, 4) is 11.5 Å². The van der Waals surface area contributed by atoms with Crippen LogP contribution in [0.4, 0.5) is 0 Å². The number of ether oxygens (including phenoxy) is 2. The molecular weight excluding hydrogens is 498 g/mol. The van der Waals surface area contributed by atoms with Crippen molar-refractivity contribution in [3.05, 3.63) is 57.0 Å². The van der Waals surface area contributed by atoms with Crippen molar-refractivity contribution in [2.24, 2.45) is 11.0 Å². The molecule has 7 nitrogen and oxygen atoms in total. The molecule has 172 valence electrons. The van der Waals surface area contributed by atoms with E-state index in [4.69, 9.17) is 21.1 Å². The van der Waals surface area contributed by atoms with Crippen molar-refractivity contribution in [1.82, 2.24) is 10.7 Å². The minimum absolute atomic E-state index is 0.0185. The minimum Gasteiger partial charge on any atom is -0.493 e. The number of hydrogen-bond donors (Lipinski definition) is 2. The van der Waals surface area contributed by atoms with Crippen LogP contribution in [0, 0.1) is 5.92 Å². The summed E-state index contributed by atoms with van der Waals surface area (Å²) in [5.74, 6) is 0.186. The molecule has 0 heterocycles. The minimum atomic E-state index is -0.765. The Hall–Kier alpha value is -2.58. The van der Waals surface area contributed by atoms with Crippen LogP contribution in [-0.2, 0) is 4.79 Å². The normalized spacial score (nSPS) is 12.2. The smallest absolute Gasteiger partial charge is 0.262 e. The maximum atomic E-state index is 12.6. The number of nitrogens with one attached hydrogen (secondary N) is 2. The number of halogens is 2. The number of carbonyl (C=O) groups excluding carboxylic acids is 2. The lowest BCUT2D eigenvalue weighted by atomic mass is 10.0. The number of benzene rings is 2. The Balaban J connectivity index is 2.08. The van der Waals surface area contributed by atoms with Crippen molar-refractivity contribution in [2.75, 3.05) is 7.11 Å². The molecule has 0 spiro atoms. The predicted molar refractivity (Wildman–Crippen MR) is 130 cm³/mol. The molecule has 9 heteroatoms. The largest absolute Gasteiger partial charge is 0.493 e. The third kappa shape index (κ3) is 7.24. The fraction of sp³-hybridized carbons (Fsp3) is 0.348. The number of nitrogens with zero attached hydrogens (tertiary/aromatic N) is 1. The fourth-order valence-electron chi connectivity index (χ4n) is 2.77. The van der Waals surface area contributed by atoms with E-state index in [0.717, 1.165) is 0 Å². The summed E-state index contributed by atoms with van der Waals surface area (Å²) in [7, 11) is 1.55. The number of hydrogen-bond acceptors (Lipinski definition) is 5. The first-order chi connectivity index (χ1) is 15.1. The van der Waals surface area contributed by atoms with E-state index in [2.05, 4.69) is 31.8 Å². The zero-order valence-corrected chi connectivity index (χ0v) is 21.0. The highest BCUT2D eigenvalue weighted by atomic mass is 79.9. The molecular formula is C23H27BrClN3O4. The van der Waals surface area contributed by atoms with Gasteiger partial charge in [0.15, 0.2) is 11.5 Å². The van der Waals surface area contributed by atoms with Crippen LogP contribution in [0.1, 0.15) is 43.6 Å². The second-order valence-electron chi connectivity index (χ2n) is 7.64. The van der Waals surface area contributed by atoms with Gasteiger partial charge in [0, 0.05) is 10.6 Å². The Morgan fingerprint density at radius 2 is 1.78 bits per heavy atom. The molecule has 1 atom stereocenters. The van der Waals surface area contributed by atoms with Gasteiger partial charge in [-0.05, 0) is 77.7 Å². The van der Waals surface area contributed by atoms with E-state index in [9.17, 15) is 9.59 Å². The molecule has 0 fully saturated rings. The molecule has 0 aliphatic carbocycles. The van der Waals surface area contributed by atoms with E-state index < -0.39 is 11.9 Å². The number of amides is 2. The molecule has 0 aliphatic rings. The van der Waals surface area contributed by atoms with E-state index in [1.807, 2.05) is 27.7 Å². The Morgan fingerprint density at radius 3 is 2.34 bits per heavy atom. The van der Waals surface area contributed by atoms with Gasteiger partial charge in [0.2, 0.25) is 0 Å². The highest BCUT2D eigenvalue weighted by Gasteiger charge is 2.24. The highest BCUT2D eigenvalue weighted by Crippen LogP contribution is 2.36. The lowest BCUT2D eigenvalue weighted by Gasteiger charge is -2.20. The lowest BCUT2D eigenvalue weighted by Crippen LogP contribution is -2.48. The van der Waals surface area contributed by atoms with Crippen LogP contribution >= 0.6 is 27.5 Å². The summed E-state index contributed by atoms with van der Waals surface area (Å²) >= 11 is 9.34. The number of methoxy groups -OCH3 is 1. The summed E-state index contributed by atoms with van der Waals surface area (Å²) in [5, 5.41) is 7.30. The molecule has 0 radical (unpaired) electrons. The summed E-state index contributed by atoms with van der Waals surface area (Å²) in [6.07, 6.45) is 1.47. The maximum Gasteiger partial charge on any atom is 0.262 e. The Morgan fingerprint density at radius 1 is 1.12 bits per heavy atom. The second kappa shape index (κ2) is 11.9. The lowest BCUT2D eigenvalue weighted by molar-refractivity contribution is -0.123. The summed E-state index contributed by atoms with van der Waals surface area (Å²) in [6, 6.07) is 9.23. The fourth-order valence-corrected chi connectivity index (χ4v) is 3.44. The van der Waals surface area contributed by atoms with Crippen LogP contribution in [0.5, 0.6) is 11.5 Å². The molecule has 2 N–H and O–H groups in total. The molecule has 1 unspecified atom stereocenters. The van der Waals surface area contributed by atoms with Gasteiger partial charge in [0.1, 0.15) is 6.04 Å². The average molecular weight is 525 g/mol. The Labute approximate surface area is 201 Å². The summed E-state index contributed by atoms with van der Waals surface area (Å²) < 4.78 is 11.9. The van der Waals surface area contributed by atoms with E-state index in [0.29, 0.717) is 32.1 Å². The molecule has 2 aromatic rings. The molecule has 0 bridgehead atoms. The van der Waals surface area contributed by atoms with Gasteiger partial charge < -0.3 is 14.8 Å². The van der Waals surface area contributed by atoms with Gasteiger partial charge in [-0.15, -0.1) is 0 Å². The predicted octanol–water partition coefficient (Wildman–Crippen LogP) is 4.80. The quantitative estimate of drug-likeness (QED) is 0.364. The zero-order valence-electron chi connectivity index (χ0n) is 18.6. The first kappa shape index (κ1) is 25.7. The molecule has 0 saturated heterocycles. The van der Waals surface area contributed by atoms with Gasteiger partial charge in [-0.2, -0.15) is 5.10 Å². The molecule has 2 aromatic carbocycles. The molecule has 0 aromatic heterocycles. The number of rotatable bonds is 9. The Kier molecular flexibility index (Phi) is 9.53. The van der Waals surface area contributed by atoms with Crippen molar-refractivity contribution in [2.45, 2.75) is 39.8 Å².